The van der Waals surface area contributed by atoms with Crippen LogP contribution in [0.5, 0.6) is 0 Å². The van der Waals surface area contributed by atoms with E-state index in [2.05, 4.69) is 10.1 Å². The first kappa shape index (κ1) is 20.3. The van der Waals surface area contributed by atoms with Crippen molar-refractivity contribution >= 4 is 23.5 Å². The molecule has 0 saturated heterocycles. The zero-order valence-corrected chi connectivity index (χ0v) is 16.6. The monoisotopic (exact) mass is 419 g/mol. The van der Waals surface area contributed by atoms with Gasteiger partial charge in [-0.25, -0.2) is 14.0 Å². The van der Waals surface area contributed by atoms with Crippen molar-refractivity contribution in [2.75, 3.05) is 12.4 Å². The summed E-state index contributed by atoms with van der Waals surface area (Å²) in [5.74, 6) is -1.67. The van der Waals surface area contributed by atoms with E-state index in [0.717, 1.165) is 0 Å². The number of hydrogen-bond acceptors (Lipinski definition) is 5. The molecule has 0 aliphatic carbocycles. The van der Waals surface area contributed by atoms with Crippen molar-refractivity contribution < 1.29 is 28.2 Å². The Hall–Kier alpha value is -4.00. The fraction of sp³-hybridized carbons (Fsp3) is 0.125. The molecular weight excluding hydrogens is 401 g/mol. The molecule has 0 aromatic heterocycles. The molecule has 1 heterocycles. The van der Waals surface area contributed by atoms with Gasteiger partial charge >= 0.3 is 11.9 Å². The quantitative estimate of drug-likeness (QED) is 0.637. The van der Waals surface area contributed by atoms with Crippen LogP contribution in [-0.4, -0.2) is 25.0 Å². The van der Waals surface area contributed by atoms with E-state index in [1.807, 2.05) is 0 Å². The Kier molecular flexibility index (Phi) is 5.49. The van der Waals surface area contributed by atoms with Gasteiger partial charge in [0.15, 0.2) is 0 Å². The summed E-state index contributed by atoms with van der Waals surface area (Å²) in [4.78, 5) is 36.6. The molecule has 156 valence electrons. The highest BCUT2D eigenvalue weighted by atomic mass is 19.1. The minimum absolute atomic E-state index is 0.356. The molecule has 0 saturated carbocycles. The molecule has 1 amide bonds. The molecular formula is C24H18FNO5. The number of carbonyl (C=O) groups is 3. The van der Waals surface area contributed by atoms with Crippen molar-refractivity contribution in [3.8, 4) is 0 Å². The third-order valence-corrected chi connectivity index (χ3v) is 5.05. The van der Waals surface area contributed by atoms with E-state index in [9.17, 15) is 18.8 Å². The normalized spacial score (nSPS) is 14.9. The van der Waals surface area contributed by atoms with Crippen LogP contribution in [0.2, 0.25) is 0 Å². The molecule has 0 radical (unpaired) electrons. The zero-order chi connectivity index (χ0) is 22.0. The van der Waals surface area contributed by atoms with Gasteiger partial charge in [0.05, 0.1) is 18.2 Å². The number of halogens is 1. The van der Waals surface area contributed by atoms with Crippen LogP contribution in [0.15, 0.2) is 66.7 Å². The molecule has 31 heavy (non-hydrogen) atoms. The lowest BCUT2D eigenvalue weighted by atomic mass is 9.93. The molecule has 7 heteroatoms. The van der Waals surface area contributed by atoms with Crippen LogP contribution < -0.4 is 5.32 Å². The number of benzene rings is 3. The molecule has 6 nitrogen and oxygen atoms in total. The topological polar surface area (TPSA) is 81.7 Å². The summed E-state index contributed by atoms with van der Waals surface area (Å²) < 4.78 is 23.3. The lowest BCUT2D eigenvalue weighted by Crippen LogP contribution is -2.23. The number of fused-ring (bicyclic) bond motifs is 1. The number of ether oxygens (including phenoxy) is 2. The maximum Gasteiger partial charge on any atom is 0.339 e. The summed E-state index contributed by atoms with van der Waals surface area (Å²) in [6.07, 6.45) is -0.174. The molecule has 0 spiro atoms. The minimum Gasteiger partial charge on any atom is -0.465 e. The molecule has 0 bridgehead atoms. The van der Waals surface area contributed by atoms with Crippen LogP contribution in [-0.2, 0) is 15.9 Å². The predicted octanol–water partition coefficient (Wildman–Crippen LogP) is 4.32. The number of amides is 1. The molecule has 0 fully saturated rings. The molecule has 1 atom stereocenters. The van der Waals surface area contributed by atoms with Crippen molar-refractivity contribution in [2.45, 2.75) is 12.5 Å². The highest BCUT2D eigenvalue weighted by Crippen LogP contribution is 2.31. The van der Waals surface area contributed by atoms with Crippen molar-refractivity contribution in [2.24, 2.45) is 0 Å². The average molecular weight is 419 g/mol. The Bertz CT molecular complexity index is 1160. The van der Waals surface area contributed by atoms with E-state index >= 15 is 0 Å². The van der Waals surface area contributed by atoms with Crippen LogP contribution in [0.1, 0.15) is 48.3 Å². The summed E-state index contributed by atoms with van der Waals surface area (Å²) >= 11 is 0. The van der Waals surface area contributed by atoms with Crippen LogP contribution >= 0.6 is 0 Å². The molecule has 1 aliphatic heterocycles. The number of methoxy groups -OCH3 is 1. The van der Waals surface area contributed by atoms with Gasteiger partial charge in [-0.15, -0.1) is 0 Å². The Morgan fingerprint density at radius 3 is 2.35 bits per heavy atom. The van der Waals surface area contributed by atoms with E-state index in [1.54, 1.807) is 54.6 Å². The first-order valence-corrected chi connectivity index (χ1v) is 9.53. The van der Waals surface area contributed by atoms with Gasteiger partial charge in [0.25, 0.3) is 5.91 Å². The van der Waals surface area contributed by atoms with Gasteiger partial charge in [-0.1, -0.05) is 12.1 Å². The highest BCUT2D eigenvalue weighted by molar-refractivity contribution is 6.05. The number of cyclic esters (lactones) is 1. The summed E-state index contributed by atoms with van der Waals surface area (Å²) in [7, 11) is 1.30. The second-order valence-corrected chi connectivity index (χ2v) is 7.04. The second-order valence-electron chi connectivity index (χ2n) is 7.04. The van der Waals surface area contributed by atoms with Gasteiger partial charge in [0, 0.05) is 17.7 Å². The lowest BCUT2D eigenvalue weighted by Gasteiger charge is -2.25. The number of rotatable bonds is 4. The van der Waals surface area contributed by atoms with Gasteiger partial charge in [-0.2, -0.15) is 0 Å². The van der Waals surface area contributed by atoms with Crippen molar-refractivity contribution in [1.29, 1.82) is 0 Å². The highest BCUT2D eigenvalue weighted by Gasteiger charge is 2.28. The minimum atomic E-state index is -0.551. The second kappa shape index (κ2) is 8.39. The Morgan fingerprint density at radius 2 is 1.68 bits per heavy atom. The average Bonchev–Trinajstić information content (AvgIpc) is 2.79. The smallest absolute Gasteiger partial charge is 0.339 e. The van der Waals surface area contributed by atoms with E-state index < -0.39 is 18.0 Å². The van der Waals surface area contributed by atoms with Crippen molar-refractivity contribution in [1.82, 2.24) is 0 Å². The van der Waals surface area contributed by atoms with Crippen LogP contribution in [0.25, 0.3) is 0 Å². The fourth-order valence-corrected chi connectivity index (χ4v) is 3.41. The van der Waals surface area contributed by atoms with E-state index in [4.69, 9.17) is 4.74 Å². The van der Waals surface area contributed by atoms with Gasteiger partial charge in [0.2, 0.25) is 0 Å². The van der Waals surface area contributed by atoms with Crippen LogP contribution in [0.4, 0.5) is 10.1 Å². The maximum atomic E-state index is 13.2. The largest absolute Gasteiger partial charge is 0.465 e. The first-order valence-electron chi connectivity index (χ1n) is 9.53. The van der Waals surface area contributed by atoms with Gasteiger partial charge in [-0.05, 0) is 65.7 Å². The van der Waals surface area contributed by atoms with Crippen molar-refractivity contribution in [3.63, 3.8) is 0 Å². The molecule has 0 unspecified atom stereocenters. The SMILES string of the molecule is COC(=O)c1ccc(NC(=O)c2ccc3c(c2)C[C@H](c2ccc(F)cc2)OC3=O)cc1. The fourth-order valence-electron chi connectivity index (χ4n) is 3.41. The number of nitrogens with one attached hydrogen (secondary N) is 1. The van der Waals surface area contributed by atoms with Gasteiger partial charge in [0.1, 0.15) is 11.9 Å². The van der Waals surface area contributed by atoms with E-state index in [-0.39, 0.29) is 11.7 Å². The van der Waals surface area contributed by atoms with Crippen molar-refractivity contribution in [3.05, 3.63) is 100 Å². The molecule has 3 aromatic rings. The van der Waals surface area contributed by atoms with E-state index in [1.165, 1.54) is 19.2 Å². The Labute approximate surface area is 177 Å². The summed E-state index contributed by atoms with van der Waals surface area (Å²) in [6, 6.07) is 16.9. The Morgan fingerprint density at radius 1 is 1.00 bits per heavy atom. The summed E-state index contributed by atoms with van der Waals surface area (Å²) in [5, 5.41) is 2.76. The maximum absolute atomic E-state index is 13.2. The number of hydrogen-bond donors (Lipinski definition) is 1. The number of anilines is 1. The van der Waals surface area contributed by atoms with Gasteiger partial charge < -0.3 is 14.8 Å². The first-order chi connectivity index (χ1) is 14.9. The van der Waals surface area contributed by atoms with Crippen LogP contribution in [0.3, 0.4) is 0 Å². The predicted molar refractivity (Wildman–Crippen MR) is 110 cm³/mol. The summed E-state index contributed by atoms with van der Waals surface area (Å²) in [5.41, 5.74) is 3.03. The third-order valence-electron chi connectivity index (χ3n) is 5.05. The van der Waals surface area contributed by atoms with E-state index in [0.29, 0.717) is 39.9 Å². The Balaban J connectivity index is 1.52. The molecule has 3 aromatic carbocycles. The molecule has 1 N–H and O–H groups in total. The summed E-state index contributed by atoms with van der Waals surface area (Å²) in [6.45, 7) is 0. The van der Waals surface area contributed by atoms with Crippen LogP contribution in [0, 0.1) is 5.82 Å². The molecule has 1 aliphatic rings. The number of esters is 2. The zero-order valence-electron chi connectivity index (χ0n) is 16.6. The lowest BCUT2D eigenvalue weighted by molar-refractivity contribution is 0.0252. The third kappa shape index (κ3) is 4.30. The number of carbonyl (C=O) groups excluding carboxylic acids is 3. The molecule has 4 rings (SSSR count). The standard InChI is InChI=1S/C24H18FNO5/c1-30-23(28)15-4-9-19(10-5-15)26-22(27)16-6-11-20-17(12-16)13-21(31-24(20)29)14-2-7-18(25)8-3-14/h2-12,21H,13H2,1H3,(H,26,27)/t21-/m1/s1. The van der Waals surface area contributed by atoms with Gasteiger partial charge in [-0.3, -0.25) is 4.79 Å².